The van der Waals surface area contributed by atoms with Crippen LogP contribution in [0.3, 0.4) is 0 Å². The Balaban J connectivity index is 2.45. The minimum Gasteiger partial charge on any atom is -0.477 e. The van der Waals surface area contributed by atoms with E-state index in [0.717, 1.165) is 15.8 Å². The molecule has 102 valence electrons. The summed E-state index contributed by atoms with van der Waals surface area (Å²) in [5.74, 6) is -0.0338. The van der Waals surface area contributed by atoms with Gasteiger partial charge in [-0.15, -0.1) is 11.3 Å². The lowest BCUT2D eigenvalue weighted by Crippen LogP contribution is -2.02. The number of carbonyl (C=O) groups is 1. The molecule has 2 aromatic heterocycles. The van der Waals surface area contributed by atoms with Crippen molar-refractivity contribution in [2.75, 3.05) is 0 Å². The second-order valence-electron chi connectivity index (χ2n) is 4.43. The Morgan fingerprint density at radius 2 is 2.21 bits per heavy atom. The average molecular weight is 409 g/mol. The van der Waals surface area contributed by atoms with E-state index in [9.17, 15) is 9.90 Å². The number of furan rings is 1. The van der Waals surface area contributed by atoms with Crippen molar-refractivity contribution in [3.05, 3.63) is 25.8 Å². The number of aromatic nitrogens is 1. The van der Waals surface area contributed by atoms with E-state index in [1.165, 1.54) is 0 Å². The van der Waals surface area contributed by atoms with Gasteiger partial charge in [-0.3, -0.25) is 0 Å². The van der Waals surface area contributed by atoms with Gasteiger partial charge in [-0.1, -0.05) is 13.8 Å². The van der Waals surface area contributed by atoms with Crippen LogP contribution in [0, 0.1) is 5.92 Å². The number of carboxylic acid groups (broad SMARTS) is 1. The molecular formula is C12H11Br2NO3S. The highest BCUT2D eigenvalue weighted by atomic mass is 79.9. The fourth-order valence-corrected chi connectivity index (χ4v) is 3.06. The molecule has 0 radical (unpaired) electrons. The number of hydrogen-bond acceptors (Lipinski definition) is 4. The third-order valence-corrected chi connectivity index (χ3v) is 5.16. The number of carboxylic acids is 1. The Kier molecular flexibility index (Phi) is 4.47. The summed E-state index contributed by atoms with van der Waals surface area (Å²) in [7, 11) is 0. The van der Waals surface area contributed by atoms with Crippen molar-refractivity contribution < 1.29 is 14.3 Å². The first-order chi connectivity index (χ1) is 8.88. The Labute approximate surface area is 131 Å². The van der Waals surface area contributed by atoms with Crippen molar-refractivity contribution in [1.82, 2.24) is 4.98 Å². The summed E-state index contributed by atoms with van der Waals surface area (Å²) in [4.78, 5) is 15.9. The maximum absolute atomic E-state index is 11.2. The van der Waals surface area contributed by atoms with Crippen LogP contribution in [0.2, 0.25) is 0 Å². The lowest BCUT2D eigenvalue weighted by molar-refractivity contribution is 0.0700. The largest absolute Gasteiger partial charge is 0.477 e. The van der Waals surface area contributed by atoms with Crippen LogP contribution in [0.1, 0.15) is 29.2 Å². The summed E-state index contributed by atoms with van der Waals surface area (Å²) in [6.45, 7) is 4.06. The minimum atomic E-state index is -0.941. The fraction of sp³-hybridized carbons (Fsp3) is 0.333. The number of thiazole rings is 1. The van der Waals surface area contributed by atoms with E-state index in [1.54, 1.807) is 6.07 Å². The zero-order valence-corrected chi connectivity index (χ0v) is 14.2. The molecule has 0 aliphatic rings. The summed E-state index contributed by atoms with van der Waals surface area (Å²) >= 11 is 7.72. The van der Waals surface area contributed by atoms with Gasteiger partial charge in [0.1, 0.15) is 4.88 Å². The molecule has 0 fully saturated rings. The molecule has 0 aliphatic heterocycles. The van der Waals surface area contributed by atoms with Gasteiger partial charge in [0.15, 0.2) is 15.4 Å². The molecule has 7 heteroatoms. The molecule has 2 rings (SSSR count). The Hall–Kier alpha value is -0.660. The van der Waals surface area contributed by atoms with Gasteiger partial charge >= 0.3 is 5.97 Å². The molecular weight excluding hydrogens is 398 g/mol. The van der Waals surface area contributed by atoms with Crippen molar-refractivity contribution >= 4 is 49.2 Å². The van der Waals surface area contributed by atoms with Crippen LogP contribution in [-0.2, 0) is 6.42 Å². The van der Waals surface area contributed by atoms with Crippen LogP contribution in [0.4, 0.5) is 0 Å². The predicted octanol–water partition coefficient (Wildman–Crippen LogP) is 4.82. The fourth-order valence-electron chi connectivity index (χ4n) is 1.60. The molecule has 0 saturated heterocycles. The molecule has 0 aliphatic carbocycles. The van der Waals surface area contributed by atoms with Gasteiger partial charge in [-0.05, 0) is 44.2 Å². The van der Waals surface area contributed by atoms with Gasteiger partial charge < -0.3 is 9.52 Å². The Morgan fingerprint density at radius 1 is 1.53 bits per heavy atom. The number of nitrogens with zero attached hydrogens (tertiary/aromatic N) is 1. The maximum atomic E-state index is 11.2. The number of rotatable bonds is 4. The third-order valence-electron chi connectivity index (χ3n) is 2.35. The average Bonchev–Trinajstić information content (AvgIpc) is 2.83. The smallest absolute Gasteiger partial charge is 0.347 e. The van der Waals surface area contributed by atoms with Crippen LogP contribution < -0.4 is 0 Å². The zero-order chi connectivity index (χ0) is 14.2. The summed E-state index contributed by atoms with van der Waals surface area (Å²) in [5, 5.41) is 9.80. The lowest BCUT2D eigenvalue weighted by atomic mass is 10.1. The molecule has 19 heavy (non-hydrogen) atoms. The van der Waals surface area contributed by atoms with Gasteiger partial charge in [0.2, 0.25) is 0 Å². The SMILES string of the molecule is CC(C)Cc1nc(-c2cc(Br)c(Br)o2)sc1C(=O)O. The van der Waals surface area contributed by atoms with E-state index < -0.39 is 5.97 Å². The molecule has 0 unspecified atom stereocenters. The zero-order valence-electron chi connectivity index (χ0n) is 10.2. The third kappa shape index (κ3) is 3.27. The van der Waals surface area contributed by atoms with Crippen LogP contribution in [-0.4, -0.2) is 16.1 Å². The number of hydrogen-bond donors (Lipinski definition) is 1. The van der Waals surface area contributed by atoms with E-state index in [1.807, 2.05) is 13.8 Å². The second kappa shape index (κ2) is 5.76. The molecule has 0 aromatic carbocycles. The lowest BCUT2D eigenvalue weighted by Gasteiger charge is -2.01. The van der Waals surface area contributed by atoms with E-state index >= 15 is 0 Å². The first-order valence-electron chi connectivity index (χ1n) is 5.56. The quantitative estimate of drug-likeness (QED) is 0.787. The molecule has 0 bridgehead atoms. The van der Waals surface area contributed by atoms with Crippen molar-refractivity contribution in [2.24, 2.45) is 5.92 Å². The Bertz CT molecular complexity index is 599. The summed E-state index contributed by atoms with van der Waals surface area (Å²) in [5.41, 5.74) is 0.617. The van der Waals surface area contributed by atoms with Crippen molar-refractivity contribution in [2.45, 2.75) is 20.3 Å². The standard InChI is InChI=1S/C12H11Br2NO3S/c1-5(2)3-7-9(12(16)17)19-11(15-7)8-4-6(13)10(14)18-8/h4-5H,3H2,1-2H3,(H,16,17). The first-order valence-corrected chi connectivity index (χ1v) is 7.97. The van der Waals surface area contributed by atoms with Gasteiger partial charge in [0.25, 0.3) is 0 Å². The first kappa shape index (κ1) is 14.7. The normalized spacial score (nSPS) is 11.2. The van der Waals surface area contributed by atoms with Gasteiger partial charge in [-0.2, -0.15) is 0 Å². The van der Waals surface area contributed by atoms with Crippen molar-refractivity contribution in [3.8, 4) is 10.8 Å². The molecule has 2 aromatic rings. The van der Waals surface area contributed by atoms with Gasteiger partial charge in [0.05, 0.1) is 10.2 Å². The van der Waals surface area contributed by atoms with E-state index in [-0.39, 0.29) is 4.88 Å². The molecule has 1 N–H and O–H groups in total. The van der Waals surface area contributed by atoms with Gasteiger partial charge in [0, 0.05) is 6.07 Å². The topological polar surface area (TPSA) is 63.3 Å². The van der Waals surface area contributed by atoms with Crippen LogP contribution in [0.5, 0.6) is 0 Å². The van der Waals surface area contributed by atoms with E-state index in [0.29, 0.717) is 33.5 Å². The van der Waals surface area contributed by atoms with E-state index in [4.69, 9.17) is 4.42 Å². The van der Waals surface area contributed by atoms with Crippen molar-refractivity contribution in [1.29, 1.82) is 0 Å². The minimum absolute atomic E-state index is 0.285. The molecule has 0 spiro atoms. The van der Waals surface area contributed by atoms with Crippen LogP contribution in [0.25, 0.3) is 10.8 Å². The van der Waals surface area contributed by atoms with Gasteiger partial charge in [-0.25, -0.2) is 9.78 Å². The second-order valence-corrected chi connectivity index (χ2v) is 7.00. The molecule has 0 saturated carbocycles. The number of halogens is 2. The highest BCUT2D eigenvalue weighted by Gasteiger charge is 2.21. The van der Waals surface area contributed by atoms with Crippen LogP contribution in [0.15, 0.2) is 19.6 Å². The summed E-state index contributed by atoms with van der Waals surface area (Å²) in [6.07, 6.45) is 0.640. The molecule has 4 nitrogen and oxygen atoms in total. The summed E-state index contributed by atoms with van der Waals surface area (Å²) in [6, 6.07) is 1.77. The summed E-state index contributed by atoms with van der Waals surface area (Å²) < 4.78 is 6.83. The molecule has 0 atom stereocenters. The predicted molar refractivity (Wildman–Crippen MR) is 80.7 cm³/mol. The Morgan fingerprint density at radius 3 is 2.68 bits per heavy atom. The molecule has 2 heterocycles. The highest BCUT2D eigenvalue weighted by Crippen LogP contribution is 2.36. The van der Waals surface area contributed by atoms with Crippen molar-refractivity contribution in [3.63, 3.8) is 0 Å². The highest BCUT2D eigenvalue weighted by molar-refractivity contribution is 9.13. The molecule has 0 amide bonds. The number of aromatic carboxylic acids is 1. The van der Waals surface area contributed by atoms with E-state index in [2.05, 4.69) is 36.8 Å². The monoisotopic (exact) mass is 407 g/mol. The maximum Gasteiger partial charge on any atom is 0.347 e. The van der Waals surface area contributed by atoms with Crippen LogP contribution >= 0.6 is 43.2 Å².